The van der Waals surface area contributed by atoms with Crippen molar-refractivity contribution >= 4 is 23.2 Å². The van der Waals surface area contributed by atoms with Crippen LogP contribution in [0, 0.1) is 10.1 Å². The third-order valence-electron chi connectivity index (χ3n) is 2.72. The van der Waals surface area contributed by atoms with Gasteiger partial charge in [0, 0.05) is 26.2 Å². The summed E-state index contributed by atoms with van der Waals surface area (Å²) in [5.74, 6) is 0.524. The number of nitrogens with zero attached hydrogens (tertiary/aromatic N) is 3. The molecular formula is C13H21N5O3. The van der Waals surface area contributed by atoms with Crippen LogP contribution >= 0.6 is 0 Å². The first-order chi connectivity index (χ1) is 9.99. The van der Waals surface area contributed by atoms with Crippen LogP contribution in [0.4, 0.5) is 17.3 Å². The lowest BCUT2D eigenvalue weighted by Gasteiger charge is -2.18. The normalized spacial score (nSPS) is 10.0. The third-order valence-corrected chi connectivity index (χ3v) is 2.72. The van der Waals surface area contributed by atoms with Crippen molar-refractivity contribution in [1.82, 2.24) is 10.3 Å². The number of anilines is 2. The molecule has 0 aliphatic rings. The zero-order valence-corrected chi connectivity index (χ0v) is 12.5. The number of hydrogen-bond acceptors (Lipinski definition) is 6. The Morgan fingerprint density at radius 3 is 2.71 bits per heavy atom. The molecule has 116 valence electrons. The SMILES string of the molecule is CCCNc1ccc([N+](=O)[O-])c(N(C)CC(=O)NCC)n1. The van der Waals surface area contributed by atoms with Gasteiger partial charge in [-0.25, -0.2) is 4.98 Å². The molecule has 1 aromatic heterocycles. The van der Waals surface area contributed by atoms with Crippen molar-refractivity contribution in [2.75, 3.05) is 36.9 Å². The Balaban J connectivity index is 2.99. The van der Waals surface area contributed by atoms with E-state index < -0.39 is 4.92 Å². The van der Waals surface area contributed by atoms with E-state index in [9.17, 15) is 14.9 Å². The van der Waals surface area contributed by atoms with Gasteiger partial charge in [-0.2, -0.15) is 0 Å². The van der Waals surface area contributed by atoms with Gasteiger partial charge < -0.3 is 15.5 Å². The molecule has 0 aromatic carbocycles. The van der Waals surface area contributed by atoms with Crippen molar-refractivity contribution in [3.8, 4) is 0 Å². The summed E-state index contributed by atoms with van der Waals surface area (Å²) in [4.78, 5) is 27.9. The van der Waals surface area contributed by atoms with E-state index in [4.69, 9.17) is 0 Å². The molecule has 0 atom stereocenters. The molecule has 1 aromatic rings. The number of likely N-dealkylation sites (N-methyl/N-ethyl adjacent to an activating group) is 2. The maximum absolute atomic E-state index is 11.6. The number of rotatable bonds is 8. The van der Waals surface area contributed by atoms with E-state index in [-0.39, 0.29) is 24.0 Å². The molecule has 1 rings (SSSR count). The minimum atomic E-state index is -0.500. The second kappa shape index (κ2) is 8.03. The number of aromatic nitrogens is 1. The van der Waals surface area contributed by atoms with Gasteiger partial charge >= 0.3 is 5.69 Å². The highest BCUT2D eigenvalue weighted by Crippen LogP contribution is 2.26. The number of nitrogens with one attached hydrogen (secondary N) is 2. The summed E-state index contributed by atoms with van der Waals surface area (Å²) in [6, 6.07) is 2.96. The van der Waals surface area contributed by atoms with E-state index in [1.807, 2.05) is 13.8 Å². The number of nitro groups is 1. The van der Waals surface area contributed by atoms with Crippen LogP contribution in [-0.2, 0) is 4.79 Å². The molecule has 1 amide bonds. The third kappa shape index (κ3) is 4.90. The topological polar surface area (TPSA) is 100 Å². The van der Waals surface area contributed by atoms with Crippen LogP contribution in [-0.4, -0.2) is 42.5 Å². The summed E-state index contributed by atoms with van der Waals surface area (Å²) in [5.41, 5.74) is -0.121. The van der Waals surface area contributed by atoms with Crippen LogP contribution in [0.15, 0.2) is 12.1 Å². The lowest BCUT2D eigenvalue weighted by molar-refractivity contribution is -0.384. The lowest BCUT2D eigenvalue weighted by atomic mass is 10.3. The number of carbonyl (C=O) groups excluding carboxylic acids is 1. The Kier molecular flexibility index (Phi) is 6.38. The van der Waals surface area contributed by atoms with Crippen LogP contribution in [0.1, 0.15) is 20.3 Å². The molecule has 0 saturated carbocycles. The molecule has 21 heavy (non-hydrogen) atoms. The molecule has 0 bridgehead atoms. The summed E-state index contributed by atoms with van der Waals surface area (Å²) in [6.07, 6.45) is 0.919. The van der Waals surface area contributed by atoms with E-state index >= 15 is 0 Å². The van der Waals surface area contributed by atoms with Gasteiger partial charge in [0.15, 0.2) is 0 Å². The smallest absolute Gasteiger partial charge is 0.311 e. The van der Waals surface area contributed by atoms with Crippen LogP contribution in [0.25, 0.3) is 0 Å². The molecule has 0 fully saturated rings. The Bertz CT molecular complexity index is 507. The average Bonchev–Trinajstić information content (AvgIpc) is 2.44. The summed E-state index contributed by atoms with van der Waals surface area (Å²) in [6.45, 7) is 5.08. The Hall–Kier alpha value is -2.38. The maximum atomic E-state index is 11.6. The first-order valence-corrected chi connectivity index (χ1v) is 6.86. The molecule has 8 nitrogen and oxygen atoms in total. The fourth-order valence-electron chi connectivity index (χ4n) is 1.76. The molecular weight excluding hydrogens is 274 g/mol. The van der Waals surface area contributed by atoms with E-state index in [0.29, 0.717) is 12.4 Å². The molecule has 0 unspecified atom stereocenters. The highest BCUT2D eigenvalue weighted by molar-refractivity contribution is 5.81. The second-order valence-corrected chi connectivity index (χ2v) is 4.53. The van der Waals surface area contributed by atoms with Crippen molar-refractivity contribution < 1.29 is 9.72 Å². The minimum Gasteiger partial charge on any atom is -0.370 e. The quantitative estimate of drug-likeness (QED) is 0.555. The van der Waals surface area contributed by atoms with E-state index in [0.717, 1.165) is 13.0 Å². The molecule has 1 heterocycles. The van der Waals surface area contributed by atoms with Crippen LogP contribution < -0.4 is 15.5 Å². The highest BCUT2D eigenvalue weighted by Gasteiger charge is 2.21. The Morgan fingerprint density at radius 1 is 1.43 bits per heavy atom. The van der Waals surface area contributed by atoms with Gasteiger partial charge in [-0.3, -0.25) is 14.9 Å². The van der Waals surface area contributed by atoms with Gasteiger partial charge in [-0.1, -0.05) is 6.92 Å². The fourth-order valence-corrected chi connectivity index (χ4v) is 1.76. The van der Waals surface area contributed by atoms with Crippen LogP contribution in [0.3, 0.4) is 0 Å². The van der Waals surface area contributed by atoms with Gasteiger partial charge in [0.1, 0.15) is 5.82 Å². The summed E-state index contributed by atoms with van der Waals surface area (Å²) in [7, 11) is 1.61. The van der Waals surface area contributed by atoms with Crippen molar-refractivity contribution in [2.24, 2.45) is 0 Å². The molecule has 0 radical (unpaired) electrons. The van der Waals surface area contributed by atoms with Crippen molar-refractivity contribution in [3.63, 3.8) is 0 Å². The summed E-state index contributed by atoms with van der Waals surface area (Å²) in [5, 5.41) is 16.8. The Labute approximate surface area is 123 Å². The average molecular weight is 295 g/mol. The summed E-state index contributed by atoms with van der Waals surface area (Å²) >= 11 is 0. The standard InChI is InChI=1S/C13H21N5O3/c1-4-8-15-11-7-6-10(18(20)21)13(16-11)17(3)9-12(19)14-5-2/h6-7H,4-5,8-9H2,1-3H3,(H,14,19)(H,15,16). The molecule has 8 heteroatoms. The maximum Gasteiger partial charge on any atom is 0.311 e. The van der Waals surface area contributed by atoms with Crippen molar-refractivity contribution in [3.05, 3.63) is 22.2 Å². The number of pyridine rings is 1. The van der Waals surface area contributed by atoms with Crippen molar-refractivity contribution in [2.45, 2.75) is 20.3 Å². The zero-order valence-electron chi connectivity index (χ0n) is 12.5. The number of carbonyl (C=O) groups is 1. The van der Waals surface area contributed by atoms with Gasteiger partial charge in [-0.15, -0.1) is 0 Å². The molecule has 0 spiro atoms. The van der Waals surface area contributed by atoms with E-state index in [2.05, 4.69) is 15.6 Å². The fraction of sp³-hybridized carbons (Fsp3) is 0.538. The Morgan fingerprint density at radius 2 is 2.14 bits per heavy atom. The van der Waals surface area contributed by atoms with E-state index in [1.165, 1.54) is 11.0 Å². The zero-order chi connectivity index (χ0) is 15.8. The van der Waals surface area contributed by atoms with E-state index in [1.54, 1.807) is 13.1 Å². The first-order valence-electron chi connectivity index (χ1n) is 6.86. The second-order valence-electron chi connectivity index (χ2n) is 4.53. The van der Waals surface area contributed by atoms with Gasteiger partial charge in [0.25, 0.3) is 0 Å². The summed E-state index contributed by atoms with van der Waals surface area (Å²) < 4.78 is 0. The minimum absolute atomic E-state index is 0.0128. The highest BCUT2D eigenvalue weighted by atomic mass is 16.6. The van der Waals surface area contributed by atoms with Crippen LogP contribution in [0.5, 0.6) is 0 Å². The van der Waals surface area contributed by atoms with Gasteiger partial charge in [0.05, 0.1) is 11.5 Å². The monoisotopic (exact) mass is 295 g/mol. The molecule has 0 aliphatic carbocycles. The number of hydrogen-bond donors (Lipinski definition) is 2. The van der Waals surface area contributed by atoms with Crippen molar-refractivity contribution in [1.29, 1.82) is 0 Å². The first kappa shape index (κ1) is 16.7. The molecule has 2 N–H and O–H groups in total. The van der Waals surface area contributed by atoms with Gasteiger partial charge in [-0.05, 0) is 19.4 Å². The predicted octanol–water partition coefficient (Wildman–Crippen LogP) is 1.38. The van der Waals surface area contributed by atoms with Crippen LogP contribution in [0.2, 0.25) is 0 Å². The number of amides is 1. The molecule has 0 aliphatic heterocycles. The largest absolute Gasteiger partial charge is 0.370 e. The van der Waals surface area contributed by atoms with Gasteiger partial charge in [0.2, 0.25) is 11.7 Å². The predicted molar refractivity (Wildman–Crippen MR) is 81.6 cm³/mol. The lowest BCUT2D eigenvalue weighted by Crippen LogP contribution is -2.35. The molecule has 0 saturated heterocycles.